The van der Waals surface area contributed by atoms with Gasteiger partial charge in [-0.1, -0.05) is 89.2 Å². The first-order valence-electron chi connectivity index (χ1n) is 9.07. The van der Waals surface area contributed by atoms with Crippen LogP contribution in [0.3, 0.4) is 0 Å². The third-order valence-corrected chi connectivity index (χ3v) is 4.39. The van der Waals surface area contributed by atoms with E-state index in [9.17, 15) is 0 Å². The van der Waals surface area contributed by atoms with Gasteiger partial charge in [-0.3, -0.25) is 0 Å². The summed E-state index contributed by atoms with van der Waals surface area (Å²) in [5.74, 6) is 0. The average molecular weight is 315 g/mol. The van der Waals surface area contributed by atoms with Crippen LogP contribution in [-0.4, -0.2) is 16.6 Å². The Labute approximate surface area is 137 Å². The highest BCUT2D eigenvalue weighted by Gasteiger charge is 2.23. The topological polar surface area (TPSA) is 15.3 Å². The number of hydrazine groups is 1. The number of rotatable bonds is 13. The summed E-state index contributed by atoms with van der Waals surface area (Å²) in [7, 11) is 0. The molecule has 1 unspecified atom stereocenters. The number of halogens is 1. The van der Waals surface area contributed by atoms with Crippen LogP contribution >= 0.6 is 11.6 Å². The first-order chi connectivity index (χ1) is 10.1. The third kappa shape index (κ3) is 10.2. The van der Waals surface area contributed by atoms with Gasteiger partial charge in [0.15, 0.2) is 0 Å². The summed E-state index contributed by atoms with van der Waals surface area (Å²) in [6.07, 6.45) is 20.9. The van der Waals surface area contributed by atoms with Crippen molar-refractivity contribution in [2.45, 2.75) is 95.9 Å². The van der Waals surface area contributed by atoms with Crippen molar-refractivity contribution in [3.8, 4) is 0 Å². The van der Waals surface area contributed by atoms with Crippen molar-refractivity contribution < 1.29 is 0 Å². The Morgan fingerprint density at radius 3 is 1.76 bits per heavy atom. The number of hydrogen-bond donors (Lipinski definition) is 1. The fourth-order valence-corrected chi connectivity index (χ4v) is 3.00. The summed E-state index contributed by atoms with van der Waals surface area (Å²) in [5, 5.41) is 2.11. The molecule has 0 radical (unpaired) electrons. The van der Waals surface area contributed by atoms with Gasteiger partial charge in [0, 0.05) is 12.7 Å². The largest absolute Gasteiger partial charge is 0.314 e. The van der Waals surface area contributed by atoms with E-state index in [1.807, 2.05) is 13.0 Å². The van der Waals surface area contributed by atoms with E-state index < -0.39 is 0 Å². The molecule has 21 heavy (non-hydrogen) atoms. The van der Waals surface area contributed by atoms with Gasteiger partial charge in [0.1, 0.15) is 5.00 Å². The highest BCUT2D eigenvalue weighted by Crippen LogP contribution is 2.19. The van der Waals surface area contributed by atoms with Crippen molar-refractivity contribution in [3.63, 3.8) is 0 Å². The van der Waals surface area contributed by atoms with E-state index in [1.54, 1.807) is 0 Å². The molecule has 124 valence electrons. The van der Waals surface area contributed by atoms with Crippen molar-refractivity contribution in [1.82, 2.24) is 10.4 Å². The van der Waals surface area contributed by atoms with Crippen LogP contribution in [-0.2, 0) is 0 Å². The van der Waals surface area contributed by atoms with Crippen molar-refractivity contribution in [2.24, 2.45) is 0 Å². The molecule has 0 fully saturated rings. The highest BCUT2D eigenvalue weighted by atomic mass is 35.5. The molecule has 2 nitrogen and oxygen atoms in total. The molecule has 1 atom stereocenters. The molecule has 0 saturated carbocycles. The normalized spacial score (nSPS) is 21.4. The number of nitrogens with one attached hydrogen (secondary N) is 1. The molecule has 0 bridgehead atoms. The molecule has 0 aliphatic carbocycles. The third-order valence-electron chi connectivity index (χ3n) is 4.18. The average Bonchev–Trinajstić information content (AvgIpc) is 2.79. The van der Waals surface area contributed by atoms with Crippen LogP contribution in [0.2, 0.25) is 0 Å². The second kappa shape index (κ2) is 11.4. The molecule has 1 N–H and O–H groups in total. The Morgan fingerprint density at radius 2 is 1.33 bits per heavy atom. The van der Waals surface area contributed by atoms with Crippen LogP contribution in [0.4, 0.5) is 0 Å². The van der Waals surface area contributed by atoms with Crippen molar-refractivity contribution >= 4 is 11.6 Å². The summed E-state index contributed by atoms with van der Waals surface area (Å²) in [6.45, 7) is 5.33. The highest BCUT2D eigenvalue weighted by molar-refractivity contribution is 6.24. The summed E-state index contributed by atoms with van der Waals surface area (Å²) < 4.78 is 0. The minimum atomic E-state index is -0.378. The van der Waals surface area contributed by atoms with Gasteiger partial charge >= 0.3 is 0 Å². The number of hydrogen-bond acceptors (Lipinski definition) is 2. The molecular weight excluding hydrogens is 280 g/mol. The zero-order valence-electron chi connectivity index (χ0n) is 14.2. The van der Waals surface area contributed by atoms with Gasteiger partial charge in [0.2, 0.25) is 0 Å². The molecule has 1 aliphatic rings. The van der Waals surface area contributed by atoms with E-state index in [2.05, 4.69) is 23.6 Å². The van der Waals surface area contributed by atoms with Crippen LogP contribution in [0, 0.1) is 0 Å². The van der Waals surface area contributed by atoms with E-state index in [4.69, 9.17) is 11.6 Å². The number of nitrogens with zero attached hydrogens (tertiary/aromatic N) is 1. The molecule has 0 aromatic heterocycles. The van der Waals surface area contributed by atoms with Gasteiger partial charge in [-0.15, -0.1) is 0 Å². The Balaban J connectivity index is 1.76. The van der Waals surface area contributed by atoms with Crippen LogP contribution in [0.15, 0.2) is 12.3 Å². The molecule has 1 aliphatic heterocycles. The lowest BCUT2D eigenvalue weighted by Gasteiger charge is -2.22. The number of unbranched alkanes of at least 4 members (excludes halogenated alkanes) is 11. The maximum Gasteiger partial charge on any atom is 0.128 e. The Morgan fingerprint density at radius 1 is 0.857 bits per heavy atom. The molecule has 1 heterocycles. The van der Waals surface area contributed by atoms with Crippen molar-refractivity contribution in [3.05, 3.63) is 12.3 Å². The predicted molar refractivity (Wildman–Crippen MR) is 94.3 cm³/mol. The van der Waals surface area contributed by atoms with Gasteiger partial charge in [-0.2, -0.15) is 0 Å². The lowest BCUT2D eigenvalue weighted by atomic mass is 10.1. The second-order valence-electron chi connectivity index (χ2n) is 6.59. The van der Waals surface area contributed by atoms with Gasteiger partial charge in [-0.25, -0.2) is 5.43 Å². The minimum absolute atomic E-state index is 0.378. The fourth-order valence-electron chi connectivity index (χ4n) is 2.84. The number of alkyl halides is 1. The van der Waals surface area contributed by atoms with E-state index >= 15 is 0 Å². The smallest absolute Gasteiger partial charge is 0.128 e. The van der Waals surface area contributed by atoms with E-state index in [0.717, 1.165) is 6.54 Å². The quantitative estimate of drug-likeness (QED) is 0.256. The van der Waals surface area contributed by atoms with Crippen LogP contribution in [0.1, 0.15) is 90.9 Å². The first kappa shape index (κ1) is 18.8. The summed E-state index contributed by atoms with van der Waals surface area (Å²) in [6, 6.07) is 0. The van der Waals surface area contributed by atoms with E-state index in [1.165, 1.54) is 77.0 Å². The van der Waals surface area contributed by atoms with Crippen molar-refractivity contribution in [1.29, 1.82) is 0 Å². The standard InChI is InChI=1S/C18H35ClN2/c1-3-4-5-6-7-8-9-10-11-12-13-14-16-21-17-15-18(2,19)20-21/h15,17,20H,3-14,16H2,1-2H3. The predicted octanol–water partition coefficient (Wildman–Crippen LogP) is 5.98. The summed E-state index contributed by atoms with van der Waals surface area (Å²) in [5.41, 5.74) is 3.26. The molecule has 0 aromatic carbocycles. The summed E-state index contributed by atoms with van der Waals surface area (Å²) >= 11 is 6.17. The molecule has 0 aromatic rings. The maximum absolute atomic E-state index is 6.17. The van der Waals surface area contributed by atoms with Gasteiger partial charge in [0.25, 0.3) is 0 Å². The Kier molecular flexibility index (Phi) is 10.2. The summed E-state index contributed by atoms with van der Waals surface area (Å²) in [4.78, 5) is -0.378. The lowest BCUT2D eigenvalue weighted by molar-refractivity contribution is 0.260. The van der Waals surface area contributed by atoms with Gasteiger partial charge < -0.3 is 5.01 Å². The Bertz CT molecular complexity index is 276. The van der Waals surface area contributed by atoms with Gasteiger partial charge in [-0.05, 0) is 19.4 Å². The van der Waals surface area contributed by atoms with Crippen molar-refractivity contribution in [2.75, 3.05) is 6.54 Å². The molecule has 0 amide bonds. The molecular formula is C18H35ClN2. The SMILES string of the molecule is CCCCCCCCCCCCCCN1C=CC(C)(Cl)N1. The second-order valence-corrected chi connectivity index (χ2v) is 7.37. The molecule has 1 rings (SSSR count). The molecule has 3 heteroatoms. The van der Waals surface area contributed by atoms with Crippen LogP contribution < -0.4 is 5.43 Å². The zero-order chi connectivity index (χ0) is 15.4. The van der Waals surface area contributed by atoms with Crippen LogP contribution in [0.25, 0.3) is 0 Å². The van der Waals surface area contributed by atoms with E-state index in [-0.39, 0.29) is 5.00 Å². The van der Waals surface area contributed by atoms with Crippen LogP contribution in [0.5, 0.6) is 0 Å². The zero-order valence-corrected chi connectivity index (χ0v) is 14.9. The lowest BCUT2D eigenvalue weighted by Crippen LogP contribution is -2.40. The molecule has 0 saturated heterocycles. The monoisotopic (exact) mass is 314 g/mol. The Hall–Kier alpha value is -0.210. The van der Waals surface area contributed by atoms with E-state index in [0.29, 0.717) is 0 Å². The van der Waals surface area contributed by atoms with Gasteiger partial charge in [0.05, 0.1) is 0 Å². The first-order valence-corrected chi connectivity index (χ1v) is 9.44. The minimum Gasteiger partial charge on any atom is -0.314 e. The fraction of sp³-hybridized carbons (Fsp3) is 0.889. The maximum atomic E-state index is 6.17. The molecule has 0 spiro atoms.